The molecule has 0 aromatic carbocycles. The van der Waals surface area contributed by atoms with Crippen LogP contribution in [0.5, 0.6) is 0 Å². The number of halogens is 1. The minimum Gasteiger partial charge on any atom is -0.366 e. The van der Waals surface area contributed by atoms with E-state index in [9.17, 15) is 0 Å². The van der Waals surface area contributed by atoms with Crippen LogP contribution in [-0.2, 0) is 0 Å². The van der Waals surface area contributed by atoms with Crippen molar-refractivity contribution >= 4 is 17.4 Å². The van der Waals surface area contributed by atoms with Gasteiger partial charge < -0.3 is 5.32 Å². The summed E-state index contributed by atoms with van der Waals surface area (Å²) >= 11 is 6.12. The second-order valence-electron chi connectivity index (χ2n) is 6.56. The zero-order valence-electron chi connectivity index (χ0n) is 12.3. The van der Waals surface area contributed by atoms with Gasteiger partial charge in [-0.1, -0.05) is 32.4 Å². The van der Waals surface area contributed by atoms with Crippen LogP contribution in [0, 0.1) is 22.7 Å². The molecule has 20 heavy (non-hydrogen) atoms. The maximum Gasteiger partial charge on any atom is 0.164 e. The first kappa shape index (κ1) is 15.1. The van der Waals surface area contributed by atoms with Gasteiger partial charge in [0.2, 0.25) is 0 Å². The van der Waals surface area contributed by atoms with Gasteiger partial charge in [0.25, 0.3) is 0 Å². The summed E-state index contributed by atoms with van der Waals surface area (Å²) in [4.78, 5) is 7.99. The van der Waals surface area contributed by atoms with E-state index < -0.39 is 0 Å². The van der Waals surface area contributed by atoms with Crippen molar-refractivity contribution < 1.29 is 0 Å². The van der Waals surface area contributed by atoms with Crippen LogP contribution in [0.25, 0.3) is 0 Å². The van der Waals surface area contributed by atoms with Gasteiger partial charge >= 0.3 is 0 Å². The molecule has 1 aromatic rings. The Hall–Kier alpha value is -1.34. The Labute approximate surface area is 125 Å². The van der Waals surface area contributed by atoms with Gasteiger partial charge in [-0.15, -0.1) is 0 Å². The summed E-state index contributed by atoms with van der Waals surface area (Å²) in [5.41, 5.74) is 0.610. The number of nitrogens with zero attached hydrogens (tertiary/aromatic N) is 3. The summed E-state index contributed by atoms with van der Waals surface area (Å²) in [5.74, 6) is 1.36. The zero-order chi connectivity index (χ0) is 14.8. The van der Waals surface area contributed by atoms with Crippen LogP contribution in [0.3, 0.4) is 0 Å². The summed E-state index contributed by atoms with van der Waals surface area (Å²) in [7, 11) is 0. The summed E-state index contributed by atoms with van der Waals surface area (Å²) in [5, 5.41) is 12.6. The van der Waals surface area contributed by atoms with Crippen molar-refractivity contribution in [2.45, 2.75) is 52.5 Å². The van der Waals surface area contributed by atoms with Crippen molar-refractivity contribution in [1.82, 2.24) is 9.97 Å². The van der Waals surface area contributed by atoms with E-state index in [-0.39, 0.29) is 5.69 Å². The Bertz CT molecular complexity index is 508. The molecule has 1 heterocycles. The molecule has 0 unspecified atom stereocenters. The first-order valence-corrected chi connectivity index (χ1v) is 7.46. The normalized spacial score (nSPS) is 23.1. The fourth-order valence-corrected chi connectivity index (χ4v) is 3.04. The van der Waals surface area contributed by atoms with Crippen molar-refractivity contribution in [1.29, 1.82) is 5.26 Å². The van der Waals surface area contributed by atoms with E-state index in [1.807, 2.05) is 6.07 Å². The minimum atomic E-state index is 0.229. The van der Waals surface area contributed by atoms with Gasteiger partial charge in [0.05, 0.1) is 0 Å². The second kappa shape index (κ2) is 5.97. The van der Waals surface area contributed by atoms with Crippen LogP contribution in [0.4, 0.5) is 5.82 Å². The van der Waals surface area contributed by atoms with Crippen LogP contribution in [-0.4, -0.2) is 16.0 Å². The van der Waals surface area contributed by atoms with Crippen molar-refractivity contribution in [3.63, 3.8) is 0 Å². The molecule has 0 atom stereocenters. The van der Waals surface area contributed by atoms with E-state index in [1.54, 1.807) is 0 Å². The number of aromatic nitrogens is 2. The fourth-order valence-electron chi connectivity index (χ4n) is 2.85. The molecule has 0 aliphatic heterocycles. The molecule has 1 N–H and O–H groups in total. The molecule has 1 saturated carbocycles. The van der Waals surface area contributed by atoms with Crippen molar-refractivity contribution in [3.8, 4) is 6.07 Å². The van der Waals surface area contributed by atoms with Crippen molar-refractivity contribution in [2.75, 3.05) is 5.32 Å². The molecule has 4 nitrogen and oxygen atoms in total. The monoisotopic (exact) mass is 292 g/mol. The number of rotatable bonds is 2. The molecule has 1 aromatic heterocycles. The Morgan fingerprint density at radius 2 is 1.90 bits per heavy atom. The predicted molar refractivity (Wildman–Crippen MR) is 80.6 cm³/mol. The fraction of sp³-hybridized carbons (Fsp3) is 0.667. The molecule has 1 aliphatic rings. The van der Waals surface area contributed by atoms with Crippen LogP contribution in [0.1, 0.15) is 52.1 Å². The molecular weight excluding hydrogens is 272 g/mol. The molecule has 0 saturated heterocycles. The van der Waals surface area contributed by atoms with E-state index in [0.29, 0.717) is 22.3 Å². The third kappa shape index (κ3) is 3.40. The number of hydrogen-bond donors (Lipinski definition) is 1. The molecule has 0 spiro atoms. The van der Waals surface area contributed by atoms with E-state index in [2.05, 4.69) is 36.1 Å². The lowest BCUT2D eigenvalue weighted by molar-refractivity contribution is 0.173. The average molecular weight is 293 g/mol. The van der Waals surface area contributed by atoms with Gasteiger partial charge in [0.1, 0.15) is 23.2 Å². The number of anilines is 1. The van der Waals surface area contributed by atoms with Crippen LogP contribution in [0.15, 0.2) is 6.33 Å². The van der Waals surface area contributed by atoms with Crippen molar-refractivity contribution in [2.24, 2.45) is 11.3 Å². The van der Waals surface area contributed by atoms with Gasteiger partial charge in [-0.2, -0.15) is 5.26 Å². The lowest BCUT2D eigenvalue weighted by atomic mass is 9.71. The number of nitrogens with one attached hydrogen (secondary N) is 1. The lowest BCUT2D eigenvalue weighted by Gasteiger charge is -2.37. The maximum atomic E-state index is 8.92. The van der Waals surface area contributed by atoms with Gasteiger partial charge in [-0.05, 0) is 37.0 Å². The molecule has 1 fully saturated rings. The van der Waals surface area contributed by atoms with Gasteiger partial charge in [-0.3, -0.25) is 0 Å². The third-order valence-electron chi connectivity index (χ3n) is 4.19. The molecule has 2 rings (SSSR count). The summed E-state index contributed by atoms with van der Waals surface area (Å²) in [6, 6.07) is 2.36. The first-order chi connectivity index (χ1) is 9.41. The highest BCUT2D eigenvalue weighted by Gasteiger charge is 2.30. The second-order valence-corrected chi connectivity index (χ2v) is 6.93. The minimum absolute atomic E-state index is 0.229. The predicted octanol–water partition coefficient (Wildman–Crippen LogP) is 4.02. The standard InChI is InChI=1S/C15H21ClN4/c1-15(2,3)10-4-6-11(7-5-10)20-14-13(16)12(8-17)18-9-19-14/h9-11H,4-7H2,1-3H3,(H,18,19,20). The SMILES string of the molecule is CC(C)(C)C1CCC(Nc2ncnc(C#N)c2Cl)CC1. The van der Waals surface area contributed by atoms with Gasteiger partial charge in [-0.25, -0.2) is 9.97 Å². The van der Waals surface area contributed by atoms with E-state index in [0.717, 1.165) is 18.8 Å². The molecule has 5 heteroatoms. The van der Waals surface area contributed by atoms with E-state index >= 15 is 0 Å². The smallest absolute Gasteiger partial charge is 0.164 e. The van der Waals surface area contributed by atoms with Crippen molar-refractivity contribution in [3.05, 3.63) is 17.0 Å². The highest BCUT2D eigenvalue weighted by Crippen LogP contribution is 2.38. The summed E-state index contributed by atoms with van der Waals surface area (Å²) < 4.78 is 0. The Balaban J connectivity index is 1.99. The Morgan fingerprint density at radius 3 is 2.45 bits per heavy atom. The number of nitriles is 1. The quantitative estimate of drug-likeness (QED) is 0.894. The Morgan fingerprint density at radius 1 is 1.25 bits per heavy atom. The zero-order valence-corrected chi connectivity index (χ0v) is 13.0. The molecule has 0 amide bonds. The third-order valence-corrected chi connectivity index (χ3v) is 4.55. The van der Waals surface area contributed by atoms with E-state index in [1.165, 1.54) is 19.2 Å². The molecule has 108 valence electrons. The van der Waals surface area contributed by atoms with Gasteiger partial charge in [0, 0.05) is 6.04 Å². The topological polar surface area (TPSA) is 61.6 Å². The summed E-state index contributed by atoms with van der Waals surface area (Å²) in [6.45, 7) is 6.93. The van der Waals surface area contributed by atoms with Crippen LogP contribution in [0.2, 0.25) is 5.02 Å². The molecule has 1 aliphatic carbocycles. The lowest BCUT2D eigenvalue weighted by Crippen LogP contribution is -2.31. The highest BCUT2D eigenvalue weighted by molar-refractivity contribution is 6.33. The van der Waals surface area contributed by atoms with Crippen LogP contribution >= 0.6 is 11.6 Å². The molecular formula is C15H21ClN4. The first-order valence-electron chi connectivity index (χ1n) is 7.09. The highest BCUT2D eigenvalue weighted by atomic mass is 35.5. The van der Waals surface area contributed by atoms with Crippen LogP contribution < -0.4 is 5.32 Å². The van der Waals surface area contributed by atoms with E-state index in [4.69, 9.17) is 16.9 Å². The largest absolute Gasteiger partial charge is 0.366 e. The molecule has 0 radical (unpaired) electrons. The Kier molecular flexibility index (Phi) is 4.49. The molecule has 0 bridgehead atoms. The maximum absolute atomic E-state index is 8.92. The number of hydrogen-bond acceptors (Lipinski definition) is 4. The van der Waals surface area contributed by atoms with Gasteiger partial charge in [0.15, 0.2) is 5.69 Å². The summed E-state index contributed by atoms with van der Waals surface area (Å²) in [6.07, 6.45) is 6.05. The average Bonchev–Trinajstić information content (AvgIpc) is 2.41.